The van der Waals surface area contributed by atoms with Crippen LogP contribution in [-0.4, -0.2) is 35.4 Å². The van der Waals surface area contributed by atoms with Crippen molar-refractivity contribution >= 4 is 11.6 Å². The van der Waals surface area contributed by atoms with Crippen LogP contribution in [0.2, 0.25) is 0 Å². The molecule has 4 N–H and O–H groups in total. The van der Waals surface area contributed by atoms with Gasteiger partial charge in [0.05, 0.1) is 19.3 Å². The Morgan fingerprint density at radius 3 is 2.29 bits per heavy atom. The van der Waals surface area contributed by atoms with Crippen LogP contribution in [0.3, 0.4) is 0 Å². The molecule has 0 heterocycles. The summed E-state index contributed by atoms with van der Waals surface area (Å²) in [6, 6.07) is 7.08. The van der Waals surface area contributed by atoms with Crippen LogP contribution < -0.4 is 10.6 Å². The van der Waals surface area contributed by atoms with Crippen molar-refractivity contribution in [2.24, 2.45) is 0 Å². The standard InChI is InChI=1S/C12H18N2O3/c1-9(17)14-11-4-2-10(3-5-11)6-13-12(7-15)8-16/h2-5,12-13,15-16H,6-8H2,1H3,(H,14,17). The van der Waals surface area contributed by atoms with E-state index >= 15 is 0 Å². The van der Waals surface area contributed by atoms with E-state index in [1.165, 1.54) is 6.92 Å². The zero-order valence-corrected chi connectivity index (χ0v) is 9.81. The van der Waals surface area contributed by atoms with Crippen LogP contribution >= 0.6 is 0 Å². The zero-order valence-electron chi connectivity index (χ0n) is 9.81. The van der Waals surface area contributed by atoms with Crippen LogP contribution in [0.1, 0.15) is 12.5 Å². The van der Waals surface area contributed by atoms with Crippen molar-refractivity contribution in [1.82, 2.24) is 5.32 Å². The minimum absolute atomic E-state index is 0.0968. The number of hydrogen-bond acceptors (Lipinski definition) is 4. The second kappa shape index (κ2) is 7.01. The molecule has 1 rings (SSSR count). The SMILES string of the molecule is CC(=O)Nc1ccc(CNC(CO)CO)cc1. The third kappa shape index (κ3) is 4.95. The summed E-state index contributed by atoms with van der Waals surface area (Å²) in [5.41, 5.74) is 1.77. The van der Waals surface area contributed by atoms with Gasteiger partial charge < -0.3 is 20.8 Å². The number of anilines is 1. The molecule has 1 amide bonds. The number of carbonyl (C=O) groups is 1. The quantitative estimate of drug-likeness (QED) is 0.566. The van der Waals surface area contributed by atoms with Crippen LogP contribution in [0.4, 0.5) is 5.69 Å². The van der Waals surface area contributed by atoms with Crippen LogP contribution in [0, 0.1) is 0 Å². The molecule has 0 aliphatic heterocycles. The Hall–Kier alpha value is -1.43. The largest absolute Gasteiger partial charge is 0.395 e. The van der Waals surface area contributed by atoms with Crippen LogP contribution in [0.15, 0.2) is 24.3 Å². The lowest BCUT2D eigenvalue weighted by Gasteiger charge is -2.13. The first kappa shape index (κ1) is 13.6. The van der Waals surface area contributed by atoms with Gasteiger partial charge in [0.2, 0.25) is 5.91 Å². The van der Waals surface area contributed by atoms with Crippen LogP contribution in [0.5, 0.6) is 0 Å². The molecule has 0 unspecified atom stereocenters. The van der Waals surface area contributed by atoms with E-state index in [-0.39, 0.29) is 25.2 Å². The van der Waals surface area contributed by atoms with Crippen molar-refractivity contribution in [3.05, 3.63) is 29.8 Å². The molecule has 0 spiro atoms. The van der Waals surface area contributed by atoms with Crippen LogP contribution in [-0.2, 0) is 11.3 Å². The molecule has 0 fully saturated rings. The fraction of sp³-hybridized carbons (Fsp3) is 0.417. The number of carbonyl (C=O) groups excluding carboxylic acids is 1. The fourth-order valence-corrected chi connectivity index (χ4v) is 1.36. The number of aliphatic hydroxyl groups is 2. The number of hydrogen-bond donors (Lipinski definition) is 4. The van der Waals surface area contributed by atoms with Gasteiger partial charge >= 0.3 is 0 Å². The van der Waals surface area contributed by atoms with E-state index in [1.54, 1.807) is 0 Å². The summed E-state index contributed by atoms with van der Waals surface area (Å²) in [4.78, 5) is 10.8. The Bertz CT molecular complexity index is 347. The lowest BCUT2D eigenvalue weighted by Crippen LogP contribution is -2.35. The van der Waals surface area contributed by atoms with Crippen molar-refractivity contribution in [1.29, 1.82) is 0 Å². The molecule has 0 aliphatic rings. The predicted molar refractivity (Wildman–Crippen MR) is 65.5 cm³/mol. The first-order valence-corrected chi connectivity index (χ1v) is 5.47. The van der Waals surface area contributed by atoms with Crippen molar-refractivity contribution in [3.63, 3.8) is 0 Å². The molecule has 1 aromatic carbocycles. The van der Waals surface area contributed by atoms with E-state index in [1.807, 2.05) is 24.3 Å². The number of aliphatic hydroxyl groups excluding tert-OH is 2. The van der Waals surface area contributed by atoms with Gasteiger partial charge in [0.15, 0.2) is 0 Å². The molecule has 17 heavy (non-hydrogen) atoms. The Morgan fingerprint density at radius 2 is 1.82 bits per heavy atom. The van der Waals surface area contributed by atoms with Gasteiger partial charge in [0, 0.05) is 19.2 Å². The summed E-state index contributed by atoms with van der Waals surface area (Å²) in [7, 11) is 0. The van der Waals surface area contributed by atoms with Gasteiger partial charge in [-0.15, -0.1) is 0 Å². The second-order valence-electron chi connectivity index (χ2n) is 3.82. The number of amides is 1. The topological polar surface area (TPSA) is 81.6 Å². The highest BCUT2D eigenvalue weighted by molar-refractivity contribution is 5.88. The molecule has 5 nitrogen and oxygen atoms in total. The van der Waals surface area contributed by atoms with E-state index in [2.05, 4.69) is 10.6 Å². The highest BCUT2D eigenvalue weighted by Crippen LogP contribution is 2.09. The molecule has 0 saturated carbocycles. The maximum Gasteiger partial charge on any atom is 0.221 e. The van der Waals surface area contributed by atoms with Gasteiger partial charge in [0.25, 0.3) is 0 Å². The normalized spacial score (nSPS) is 10.6. The minimum Gasteiger partial charge on any atom is -0.395 e. The van der Waals surface area contributed by atoms with E-state index in [9.17, 15) is 4.79 Å². The predicted octanol–water partition coefficient (Wildman–Crippen LogP) is 0.0878. The average molecular weight is 238 g/mol. The number of nitrogens with one attached hydrogen (secondary N) is 2. The lowest BCUT2D eigenvalue weighted by molar-refractivity contribution is -0.114. The van der Waals surface area contributed by atoms with E-state index < -0.39 is 0 Å². The minimum atomic E-state index is -0.301. The van der Waals surface area contributed by atoms with Crippen molar-refractivity contribution in [3.8, 4) is 0 Å². The van der Waals surface area contributed by atoms with Gasteiger partial charge in [0.1, 0.15) is 0 Å². The molecule has 0 aliphatic carbocycles. The summed E-state index contributed by atoms with van der Waals surface area (Å²) in [5.74, 6) is -0.100. The Labute approximate surface area is 100 Å². The van der Waals surface area contributed by atoms with Gasteiger partial charge in [-0.3, -0.25) is 4.79 Å². The molecule has 5 heteroatoms. The Kier molecular flexibility index (Phi) is 5.62. The van der Waals surface area contributed by atoms with Crippen molar-refractivity contribution in [2.75, 3.05) is 18.5 Å². The molecule has 0 atom stereocenters. The van der Waals surface area contributed by atoms with E-state index in [0.717, 1.165) is 11.3 Å². The molecule has 1 aromatic rings. The highest BCUT2D eigenvalue weighted by atomic mass is 16.3. The highest BCUT2D eigenvalue weighted by Gasteiger charge is 2.04. The maximum absolute atomic E-state index is 10.8. The van der Waals surface area contributed by atoms with Gasteiger partial charge in [-0.25, -0.2) is 0 Å². The molecule has 0 radical (unpaired) electrons. The van der Waals surface area contributed by atoms with E-state index in [0.29, 0.717) is 6.54 Å². The number of benzene rings is 1. The van der Waals surface area contributed by atoms with Gasteiger partial charge in [-0.2, -0.15) is 0 Å². The summed E-state index contributed by atoms with van der Waals surface area (Å²) in [5, 5.41) is 23.4. The summed E-state index contributed by atoms with van der Waals surface area (Å²) in [6.45, 7) is 1.83. The van der Waals surface area contributed by atoms with Gasteiger partial charge in [-0.1, -0.05) is 12.1 Å². The zero-order chi connectivity index (χ0) is 12.7. The van der Waals surface area contributed by atoms with Gasteiger partial charge in [-0.05, 0) is 17.7 Å². The first-order chi connectivity index (χ1) is 8.15. The van der Waals surface area contributed by atoms with Crippen molar-refractivity contribution in [2.45, 2.75) is 19.5 Å². The average Bonchev–Trinajstić information content (AvgIpc) is 2.32. The second-order valence-corrected chi connectivity index (χ2v) is 3.82. The smallest absolute Gasteiger partial charge is 0.221 e. The van der Waals surface area contributed by atoms with Crippen molar-refractivity contribution < 1.29 is 15.0 Å². The maximum atomic E-state index is 10.8. The molecular weight excluding hydrogens is 220 g/mol. The summed E-state index contributed by atoms with van der Waals surface area (Å²) >= 11 is 0. The lowest BCUT2D eigenvalue weighted by atomic mass is 10.2. The molecule has 94 valence electrons. The third-order valence-corrected chi connectivity index (χ3v) is 2.31. The molecule has 0 bridgehead atoms. The summed E-state index contributed by atoms with van der Waals surface area (Å²) < 4.78 is 0. The Morgan fingerprint density at radius 1 is 1.24 bits per heavy atom. The fourth-order valence-electron chi connectivity index (χ4n) is 1.36. The third-order valence-electron chi connectivity index (χ3n) is 2.31. The van der Waals surface area contributed by atoms with E-state index in [4.69, 9.17) is 10.2 Å². The Balaban J connectivity index is 2.47. The summed E-state index contributed by atoms with van der Waals surface area (Å²) in [6.07, 6.45) is 0. The number of rotatable bonds is 6. The molecule has 0 aromatic heterocycles. The molecule has 0 saturated heterocycles. The first-order valence-electron chi connectivity index (χ1n) is 5.47. The van der Waals surface area contributed by atoms with Crippen LogP contribution in [0.25, 0.3) is 0 Å². The monoisotopic (exact) mass is 238 g/mol. The molecular formula is C12H18N2O3.